The van der Waals surface area contributed by atoms with E-state index in [1.807, 2.05) is 13.8 Å². The maximum Gasteiger partial charge on any atom is 0.338 e. The number of hydrogen-bond donors (Lipinski definition) is 1. The molecule has 152 valence electrons. The second-order valence-electron chi connectivity index (χ2n) is 6.65. The van der Waals surface area contributed by atoms with E-state index in [9.17, 15) is 9.59 Å². The molecule has 2 heterocycles. The van der Waals surface area contributed by atoms with Gasteiger partial charge in [0.05, 0.1) is 24.2 Å². The highest BCUT2D eigenvalue weighted by molar-refractivity contribution is 7.18. The van der Waals surface area contributed by atoms with Gasteiger partial charge < -0.3 is 19.2 Å². The van der Waals surface area contributed by atoms with Gasteiger partial charge in [-0.3, -0.25) is 4.79 Å². The average Bonchev–Trinajstić information content (AvgIpc) is 3.28. The molecule has 1 aliphatic carbocycles. The molecule has 29 heavy (non-hydrogen) atoms. The number of H-pyrrole nitrogens is 1. The third-order valence-electron chi connectivity index (χ3n) is 4.74. The van der Waals surface area contributed by atoms with Crippen LogP contribution in [0.5, 0.6) is 11.5 Å². The van der Waals surface area contributed by atoms with Gasteiger partial charge >= 0.3 is 5.97 Å². The lowest BCUT2D eigenvalue weighted by Crippen LogP contribution is -2.14. The number of fused-ring (bicyclic) bond motifs is 3. The van der Waals surface area contributed by atoms with Crippen LogP contribution >= 0.6 is 11.3 Å². The molecule has 0 saturated carbocycles. The molecule has 0 aliphatic heterocycles. The maximum absolute atomic E-state index is 12.5. The third-order valence-corrected chi connectivity index (χ3v) is 5.93. The molecule has 1 aliphatic rings. The number of hydrogen-bond acceptors (Lipinski definition) is 7. The highest BCUT2D eigenvalue weighted by Gasteiger charge is 2.21. The van der Waals surface area contributed by atoms with E-state index in [4.69, 9.17) is 14.2 Å². The minimum absolute atomic E-state index is 0.107. The summed E-state index contributed by atoms with van der Waals surface area (Å²) in [6.45, 7) is 4.58. The summed E-state index contributed by atoms with van der Waals surface area (Å²) in [6, 6.07) is 4.91. The SMILES string of the molecule is CCOc1ccc(C(=O)OCc2nc3sc4c(c3c(=O)[nH]2)CCC4)cc1OCC. The minimum Gasteiger partial charge on any atom is -0.490 e. The van der Waals surface area contributed by atoms with Crippen molar-refractivity contribution < 1.29 is 19.0 Å². The number of aromatic nitrogens is 2. The molecular formula is C21H22N2O5S. The normalized spacial score (nSPS) is 12.8. The number of nitrogens with zero attached hydrogens (tertiary/aromatic N) is 1. The molecule has 1 N–H and O–H groups in total. The van der Waals surface area contributed by atoms with Gasteiger partial charge in [-0.25, -0.2) is 9.78 Å². The highest BCUT2D eigenvalue weighted by Crippen LogP contribution is 2.34. The molecule has 0 spiro atoms. The molecule has 0 saturated heterocycles. The van der Waals surface area contributed by atoms with Crippen molar-refractivity contribution >= 4 is 27.5 Å². The minimum atomic E-state index is -0.523. The van der Waals surface area contributed by atoms with Gasteiger partial charge in [0.1, 0.15) is 17.3 Å². The van der Waals surface area contributed by atoms with Crippen LogP contribution in [0, 0.1) is 0 Å². The number of ether oxygens (including phenoxy) is 3. The predicted octanol–water partition coefficient (Wildman–Crippen LogP) is 3.63. The van der Waals surface area contributed by atoms with Gasteiger partial charge in [0.2, 0.25) is 0 Å². The Morgan fingerprint density at radius 1 is 1.17 bits per heavy atom. The molecule has 8 heteroatoms. The van der Waals surface area contributed by atoms with Gasteiger partial charge in [0.25, 0.3) is 5.56 Å². The monoisotopic (exact) mass is 414 g/mol. The molecule has 1 aromatic carbocycles. The van der Waals surface area contributed by atoms with Gasteiger partial charge in [-0.1, -0.05) is 0 Å². The Morgan fingerprint density at radius 3 is 2.76 bits per heavy atom. The second-order valence-corrected chi connectivity index (χ2v) is 7.74. The molecule has 3 aromatic rings. The molecular weight excluding hydrogens is 392 g/mol. The van der Waals surface area contributed by atoms with Crippen LogP contribution in [-0.2, 0) is 24.2 Å². The Morgan fingerprint density at radius 2 is 1.97 bits per heavy atom. The number of carbonyl (C=O) groups is 1. The van der Waals surface area contributed by atoms with E-state index in [1.54, 1.807) is 29.5 Å². The van der Waals surface area contributed by atoms with Crippen LogP contribution in [0.25, 0.3) is 10.2 Å². The van der Waals surface area contributed by atoms with E-state index >= 15 is 0 Å². The van der Waals surface area contributed by atoms with E-state index in [0.717, 1.165) is 24.8 Å². The van der Waals surface area contributed by atoms with Crippen molar-refractivity contribution in [1.82, 2.24) is 9.97 Å². The number of aryl methyl sites for hydroxylation is 2. The van der Waals surface area contributed by atoms with Crippen molar-refractivity contribution in [3.63, 3.8) is 0 Å². The fourth-order valence-electron chi connectivity index (χ4n) is 3.51. The predicted molar refractivity (Wildman–Crippen MR) is 110 cm³/mol. The first kappa shape index (κ1) is 19.4. The van der Waals surface area contributed by atoms with Gasteiger partial charge in [-0.2, -0.15) is 0 Å². The van der Waals surface area contributed by atoms with Gasteiger partial charge in [0.15, 0.2) is 11.5 Å². The van der Waals surface area contributed by atoms with E-state index < -0.39 is 5.97 Å². The molecule has 0 bridgehead atoms. The summed E-state index contributed by atoms with van der Waals surface area (Å²) in [5.41, 5.74) is 1.30. The van der Waals surface area contributed by atoms with E-state index in [-0.39, 0.29) is 12.2 Å². The number of carbonyl (C=O) groups excluding carboxylic acids is 1. The van der Waals surface area contributed by atoms with Crippen LogP contribution < -0.4 is 15.0 Å². The fraction of sp³-hybridized carbons (Fsp3) is 0.381. The molecule has 0 unspecified atom stereocenters. The van der Waals surface area contributed by atoms with Crippen LogP contribution in [-0.4, -0.2) is 29.2 Å². The Balaban J connectivity index is 1.51. The van der Waals surface area contributed by atoms with Crippen molar-refractivity contribution in [1.29, 1.82) is 0 Å². The smallest absolute Gasteiger partial charge is 0.338 e. The zero-order valence-electron chi connectivity index (χ0n) is 16.4. The number of rotatable bonds is 7. The quantitative estimate of drug-likeness (QED) is 0.594. The summed E-state index contributed by atoms with van der Waals surface area (Å²) in [6.07, 6.45) is 3.01. The summed E-state index contributed by atoms with van der Waals surface area (Å²) in [4.78, 5) is 34.2. The zero-order valence-corrected chi connectivity index (χ0v) is 17.2. The van der Waals surface area contributed by atoms with E-state index in [2.05, 4.69) is 9.97 Å². The van der Waals surface area contributed by atoms with Crippen molar-refractivity contribution in [2.24, 2.45) is 0 Å². The summed E-state index contributed by atoms with van der Waals surface area (Å²) < 4.78 is 16.4. The molecule has 0 atom stereocenters. The first-order chi connectivity index (χ1) is 14.1. The third kappa shape index (κ3) is 3.85. The molecule has 4 rings (SSSR count). The van der Waals surface area contributed by atoms with Crippen molar-refractivity contribution in [3.05, 3.63) is 50.4 Å². The Bertz CT molecular complexity index is 1120. The molecule has 0 radical (unpaired) electrons. The molecule has 0 fully saturated rings. The first-order valence-corrected chi connectivity index (χ1v) is 10.5. The topological polar surface area (TPSA) is 90.5 Å². The number of nitrogens with one attached hydrogen (secondary N) is 1. The molecule has 2 aromatic heterocycles. The number of benzene rings is 1. The highest BCUT2D eigenvalue weighted by atomic mass is 32.1. The summed E-state index contributed by atoms with van der Waals surface area (Å²) in [5, 5.41) is 0.686. The van der Waals surface area contributed by atoms with Crippen LogP contribution in [0.2, 0.25) is 0 Å². The van der Waals surface area contributed by atoms with Gasteiger partial charge in [0, 0.05) is 4.88 Å². The lowest BCUT2D eigenvalue weighted by Gasteiger charge is -2.12. The van der Waals surface area contributed by atoms with Crippen LogP contribution in [0.3, 0.4) is 0 Å². The largest absolute Gasteiger partial charge is 0.490 e. The van der Waals surface area contributed by atoms with Crippen molar-refractivity contribution in [2.45, 2.75) is 39.7 Å². The first-order valence-electron chi connectivity index (χ1n) is 9.71. The number of thiophene rings is 1. The van der Waals surface area contributed by atoms with Gasteiger partial charge in [-0.15, -0.1) is 11.3 Å². The molecule has 7 nitrogen and oxygen atoms in total. The number of aromatic amines is 1. The lowest BCUT2D eigenvalue weighted by atomic mass is 10.2. The standard InChI is InChI=1S/C21H22N2O5S/c1-3-26-14-9-8-12(10-15(14)27-4-2)21(25)28-11-17-22-19(24)18-13-6-5-7-16(13)29-20(18)23-17/h8-10H,3-7,11H2,1-2H3,(H,22,23,24). The van der Waals surface area contributed by atoms with Crippen molar-refractivity contribution in [3.8, 4) is 11.5 Å². The average molecular weight is 414 g/mol. The number of esters is 1. The van der Waals surface area contributed by atoms with E-state index in [1.165, 1.54) is 4.88 Å². The summed E-state index contributed by atoms with van der Waals surface area (Å²) in [5.74, 6) is 0.884. The second kappa shape index (κ2) is 8.24. The lowest BCUT2D eigenvalue weighted by molar-refractivity contribution is 0.0462. The zero-order chi connectivity index (χ0) is 20.4. The van der Waals surface area contributed by atoms with Gasteiger partial charge in [-0.05, 0) is 56.9 Å². The summed E-state index contributed by atoms with van der Waals surface area (Å²) >= 11 is 1.56. The summed E-state index contributed by atoms with van der Waals surface area (Å²) in [7, 11) is 0. The van der Waals surface area contributed by atoms with Crippen LogP contribution in [0.15, 0.2) is 23.0 Å². The van der Waals surface area contributed by atoms with E-state index in [0.29, 0.717) is 46.3 Å². The Kier molecular flexibility index (Phi) is 5.53. The Hall–Kier alpha value is -2.87. The van der Waals surface area contributed by atoms with Crippen molar-refractivity contribution in [2.75, 3.05) is 13.2 Å². The maximum atomic E-state index is 12.5. The van der Waals surface area contributed by atoms with Crippen LogP contribution in [0.4, 0.5) is 0 Å². The fourth-order valence-corrected chi connectivity index (χ4v) is 4.79. The van der Waals surface area contributed by atoms with Crippen LogP contribution in [0.1, 0.15) is 46.9 Å². The Labute approximate surface area is 171 Å². The molecule has 0 amide bonds.